The highest BCUT2D eigenvalue weighted by molar-refractivity contribution is 7.25. The van der Waals surface area contributed by atoms with Gasteiger partial charge in [0.15, 0.2) is 0 Å². The number of hydrogen-bond acceptors (Lipinski definition) is 1. The van der Waals surface area contributed by atoms with Gasteiger partial charge in [-0.3, -0.25) is 0 Å². The summed E-state index contributed by atoms with van der Waals surface area (Å²) in [5.41, 5.74) is 12.5. The first-order valence-corrected chi connectivity index (χ1v) is 18.9. The minimum atomic E-state index is 1.02. The van der Waals surface area contributed by atoms with Gasteiger partial charge < -0.3 is 13.7 Å². The SMILES string of the molecule is C1=Cc2c(c3c4c5c6c7ccccc7n(-c7cccc8sc9ccccc9c78)c6ccc5n(-c5ccccc5)c4ccc3n2-c2ccccc2)CC1. The Hall–Kier alpha value is -6.36. The van der Waals surface area contributed by atoms with Crippen LogP contribution in [0.3, 0.4) is 0 Å². The van der Waals surface area contributed by atoms with Crippen molar-refractivity contribution in [3.63, 3.8) is 0 Å². The summed E-state index contributed by atoms with van der Waals surface area (Å²) in [5.74, 6) is 0. The molecule has 0 aliphatic heterocycles. The summed E-state index contributed by atoms with van der Waals surface area (Å²) in [5, 5.41) is 9.25. The molecule has 1 aliphatic rings. The Morgan fingerprint density at radius 2 is 1.00 bits per heavy atom. The Morgan fingerprint density at radius 1 is 0.404 bits per heavy atom. The Kier molecular flexibility index (Phi) is 5.77. The third-order valence-electron chi connectivity index (χ3n) is 11.3. The van der Waals surface area contributed by atoms with Gasteiger partial charge in [-0.15, -0.1) is 11.3 Å². The Labute approximate surface area is 303 Å². The number of aryl methyl sites for hydroxylation is 1. The van der Waals surface area contributed by atoms with E-state index in [1.165, 1.54) is 103 Å². The summed E-state index contributed by atoms with van der Waals surface area (Å²) in [4.78, 5) is 0. The fourth-order valence-electron chi connectivity index (χ4n) is 9.29. The van der Waals surface area contributed by atoms with Crippen molar-refractivity contribution >= 4 is 92.1 Å². The normalized spacial score (nSPS) is 13.2. The highest BCUT2D eigenvalue weighted by atomic mass is 32.1. The Morgan fingerprint density at radius 3 is 1.77 bits per heavy atom. The van der Waals surface area contributed by atoms with E-state index in [9.17, 15) is 0 Å². The second kappa shape index (κ2) is 10.6. The van der Waals surface area contributed by atoms with Gasteiger partial charge in [0.1, 0.15) is 0 Å². The lowest BCUT2D eigenvalue weighted by molar-refractivity contribution is 0.968. The van der Waals surface area contributed by atoms with Crippen LogP contribution in [0, 0.1) is 0 Å². The lowest BCUT2D eigenvalue weighted by Gasteiger charge is -2.11. The fraction of sp³-hybridized carbons (Fsp3) is 0.0417. The fourth-order valence-corrected chi connectivity index (χ4v) is 10.4. The van der Waals surface area contributed by atoms with E-state index in [2.05, 4.69) is 178 Å². The van der Waals surface area contributed by atoms with Crippen molar-refractivity contribution in [2.75, 3.05) is 0 Å². The summed E-state index contributed by atoms with van der Waals surface area (Å²) >= 11 is 1.88. The van der Waals surface area contributed by atoms with Crippen LogP contribution >= 0.6 is 11.3 Å². The van der Waals surface area contributed by atoms with Crippen molar-refractivity contribution < 1.29 is 0 Å². The van der Waals surface area contributed by atoms with Gasteiger partial charge in [0.25, 0.3) is 0 Å². The number of rotatable bonds is 3. The molecular formula is C48H31N3S. The van der Waals surface area contributed by atoms with Gasteiger partial charge in [-0.1, -0.05) is 84.9 Å². The molecule has 0 saturated heterocycles. The van der Waals surface area contributed by atoms with Crippen molar-refractivity contribution in [1.82, 2.24) is 13.7 Å². The first kappa shape index (κ1) is 28.3. The van der Waals surface area contributed by atoms with Crippen LogP contribution in [-0.4, -0.2) is 13.7 Å². The second-order valence-corrected chi connectivity index (χ2v) is 15.0. The molecule has 0 radical (unpaired) electrons. The molecule has 0 N–H and O–H groups in total. The molecule has 0 saturated carbocycles. The first-order chi connectivity index (χ1) is 25.8. The molecule has 4 heteroatoms. The lowest BCUT2D eigenvalue weighted by Crippen LogP contribution is -1.99. The van der Waals surface area contributed by atoms with E-state index >= 15 is 0 Å². The molecule has 4 heterocycles. The monoisotopic (exact) mass is 681 g/mol. The number of allylic oxidation sites excluding steroid dienone is 1. The predicted molar refractivity (Wildman–Crippen MR) is 222 cm³/mol. The van der Waals surface area contributed by atoms with Crippen molar-refractivity contribution in [2.24, 2.45) is 0 Å². The molecule has 1 aliphatic carbocycles. The number of nitrogens with zero attached hydrogens (tertiary/aromatic N) is 3. The van der Waals surface area contributed by atoms with E-state index in [0.29, 0.717) is 0 Å². The molecule has 3 nitrogen and oxygen atoms in total. The maximum atomic E-state index is 2.53. The molecule has 0 fully saturated rings. The zero-order valence-corrected chi connectivity index (χ0v) is 29.1. The molecule has 11 aromatic rings. The largest absolute Gasteiger partial charge is 0.310 e. The third-order valence-corrected chi connectivity index (χ3v) is 12.4. The average molecular weight is 682 g/mol. The van der Waals surface area contributed by atoms with E-state index in [-0.39, 0.29) is 0 Å². The van der Waals surface area contributed by atoms with Crippen LogP contribution in [-0.2, 0) is 6.42 Å². The van der Waals surface area contributed by atoms with Gasteiger partial charge in [0.2, 0.25) is 0 Å². The second-order valence-electron chi connectivity index (χ2n) is 14.0. The van der Waals surface area contributed by atoms with Crippen LogP contribution in [0.2, 0.25) is 0 Å². The standard InChI is InChI=1S/C48H31N3S/c1-3-14-30(15-4-1)49-35-21-10-7-18-32(35)45-38(49)26-28-40-47(45)48-41(50(40)31-16-5-2-6-17-31)29-27-39-46(48)33-19-8-11-22-36(33)51(39)37-23-13-25-43-44(37)34-20-9-12-24-42(34)52-43/h1-6,8-17,19-29H,7,18H2. The van der Waals surface area contributed by atoms with Gasteiger partial charge in [-0.05, 0) is 97.3 Å². The van der Waals surface area contributed by atoms with Gasteiger partial charge in [-0.2, -0.15) is 0 Å². The first-order valence-electron chi connectivity index (χ1n) is 18.1. The van der Waals surface area contributed by atoms with E-state index in [1.807, 2.05) is 11.3 Å². The Balaban J connectivity index is 1.32. The quantitative estimate of drug-likeness (QED) is 0.176. The molecule has 12 rings (SSSR count). The minimum Gasteiger partial charge on any atom is -0.310 e. The summed E-state index contributed by atoms with van der Waals surface area (Å²) in [6.07, 6.45) is 6.75. The minimum absolute atomic E-state index is 1.02. The third kappa shape index (κ3) is 3.69. The van der Waals surface area contributed by atoms with Crippen molar-refractivity contribution in [1.29, 1.82) is 0 Å². The zero-order valence-electron chi connectivity index (χ0n) is 28.3. The summed E-state index contributed by atoms with van der Waals surface area (Å²) < 4.78 is 10.1. The maximum Gasteiger partial charge on any atom is 0.0555 e. The van der Waals surface area contributed by atoms with E-state index in [0.717, 1.165) is 12.8 Å². The molecule has 0 unspecified atom stereocenters. The number of benzene rings is 7. The molecule has 0 bridgehead atoms. The van der Waals surface area contributed by atoms with Crippen LogP contribution in [0.25, 0.3) is 97.8 Å². The predicted octanol–water partition coefficient (Wildman–Crippen LogP) is 13.2. The van der Waals surface area contributed by atoms with Crippen LogP contribution < -0.4 is 0 Å². The molecule has 0 spiro atoms. The Bertz CT molecular complexity index is 3280. The van der Waals surface area contributed by atoms with Gasteiger partial charge in [-0.25, -0.2) is 0 Å². The van der Waals surface area contributed by atoms with Crippen LogP contribution in [0.5, 0.6) is 0 Å². The van der Waals surface area contributed by atoms with Gasteiger partial charge >= 0.3 is 0 Å². The molecule has 0 atom stereocenters. The zero-order chi connectivity index (χ0) is 33.9. The molecule has 4 aromatic heterocycles. The van der Waals surface area contributed by atoms with Gasteiger partial charge in [0, 0.05) is 64.2 Å². The molecule has 0 amide bonds. The smallest absolute Gasteiger partial charge is 0.0555 e. The highest BCUT2D eigenvalue weighted by Crippen LogP contribution is 2.48. The number of hydrogen-bond donors (Lipinski definition) is 0. The molecule has 244 valence electrons. The molecular weight excluding hydrogens is 651 g/mol. The van der Waals surface area contributed by atoms with Gasteiger partial charge in [0.05, 0.1) is 33.3 Å². The van der Waals surface area contributed by atoms with E-state index < -0.39 is 0 Å². The summed E-state index contributed by atoms with van der Waals surface area (Å²) in [6.45, 7) is 0. The van der Waals surface area contributed by atoms with Crippen molar-refractivity contribution in [2.45, 2.75) is 12.8 Å². The maximum absolute atomic E-state index is 2.53. The molecule has 52 heavy (non-hydrogen) atoms. The number of fused-ring (bicyclic) bond motifs is 14. The van der Waals surface area contributed by atoms with E-state index in [1.54, 1.807) is 0 Å². The lowest BCUT2D eigenvalue weighted by atomic mass is 9.96. The average Bonchev–Trinajstić information content (AvgIpc) is 3.94. The molecule has 7 aromatic carbocycles. The van der Waals surface area contributed by atoms with Crippen LogP contribution in [0.1, 0.15) is 17.7 Å². The van der Waals surface area contributed by atoms with Crippen molar-refractivity contribution in [3.05, 3.63) is 169 Å². The number of para-hydroxylation sites is 3. The van der Waals surface area contributed by atoms with Crippen LogP contribution in [0.15, 0.2) is 158 Å². The van der Waals surface area contributed by atoms with Crippen molar-refractivity contribution in [3.8, 4) is 17.1 Å². The number of aromatic nitrogens is 3. The summed E-state index contributed by atoms with van der Waals surface area (Å²) in [6, 6.07) is 55.9. The number of thiophene rings is 1. The summed E-state index contributed by atoms with van der Waals surface area (Å²) in [7, 11) is 0. The topological polar surface area (TPSA) is 14.8 Å². The van der Waals surface area contributed by atoms with Crippen LogP contribution in [0.4, 0.5) is 0 Å². The highest BCUT2D eigenvalue weighted by Gasteiger charge is 2.27. The van der Waals surface area contributed by atoms with E-state index in [4.69, 9.17) is 0 Å².